The fourth-order valence-corrected chi connectivity index (χ4v) is 2.51. The van der Waals surface area contributed by atoms with Gasteiger partial charge < -0.3 is 9.84 Å². The lowest BCUT2D eigenvalue weighted by atomic mass is 10.2. The number of amides is 1. The third kappa shape index (κ3) is 2.50. The van der Waals surface area contributed by atoms with E-state index in [1.165, 1.54) is 12.6 Å². The summed E-state index contributed by atoms with van der Waals surface area (Å²) >= 11 is 6.18. The number of hydrogen-bond donors (Lipinski definition) is 1. The van der Waals surface area contributed by atoms with Gasteiger partial charge in [0.15, 0.2) is 0 Å². The van der Waals surface area contributed by atoms with Gasteiger partial charge in [0, 0.05) is 11.8 Å². The van der Waals surface area contributed by atoms with Crippen LogP contribution in [0.4, 0.5) is 5.69 Å². The summed E-state index contributed by atoms with van der Waals surface area (Å²) in [5.74, 6) is 0.0952. The van der Waals surface area contributed by atoms with Crippen molar-refractivity contribution in [2.75, 3.05) is 5.32 Å². The molecule has 0 bridgehead atoms. The first-order valence-electron chi connectivity index (χ1n) is 7.02. The number of carbonyl (C=O) groups excluding carboxylic acids is 1. The van der Waals surface area contributed by atoms with Crippen LogP contribution in [0.1, 0.15) is 10.5 Å². The Labute approximate surface area is 140 Å². The smallest absolute Gasteiger partial charge is 0.274 e. The van der Waals surface area contributed by atoms with Gasteiger partial charge in [0.05, 0.1) is 16.9 Å². The topological polar surface area (TPSA) is 85.3 Å². The lowest BCUT2D eigenvalue weighted by Crippen LogP contribution is -2.14. The first kappa shape index (κ1) is 14.4. The van der Waals surface area contributed by atoms with E-state index in [2.05, 4.69) is 20.4 Å². The Balaban J connectivity index is 1.67. The van der Waals surface area contributed by atoms with Crippen LogP contribution in [0.25, 0.3) is 17.0 Å². The summed E-state index contributed by atoms with van der Waals surface area (Å²) in [4.78, 5) is 20.7. The van der Waals surface area contributed by atoms with Gasteiger partial charge in [-0.3, -0.25) is 9.20 Å². The number of nitrogens with zero attached hydrogens (tertiary/aromatic N) is 4. The quantitative estimate of drug-likeness (QED) is 0.619. The fourth-order valence-electron chi connectivity index (χ4n) is 2.34. The summed E-state index contributed by atoms with van der Waals surface area (Å²) < 4.78 is 6.43. The standard InChI is InChI=1S/C16H10ClN5O2/c17-11-5-4-10(15-19-9-24-21-15)7-12(11)20-16(23)13-8-18-14-3-1-2-6-22(13)14/h1-9H,(H,20,23). The molecule has 1 amide bonds. The molecule has 118 valence electrons. The van der Waals surface area contributed by atoms with E-state index in [1.807, 2.05) is 18.2 Å². The lowest BCUT2D eigenvalue weighted by molar-refractivity contribution is 0.102. The van der Waals surface area contributed by atoms with Crippen LogP contribution in [0.2, 0.25) is 5.02 Å². The Bertz CT molecular complexity index is 1030. The zero-order chi connectivity index (χ0) is 16.5. The van der Waals surface area contributed by atoms with Gasteiger partial charge in [0.1, 0.15) is 11.3 Å². The molecule has 0 fully saturated rings. The number of hydrogen-bond acceptors (Lipinski definition) is 5. The first-order chi connectivity index (χ1) is 11.7. The summed E-state index contributed by atoms with van der Waals surface area (Å²) in [5, 5.41) is 6.97. The molecule has 0 radical (unpaired) electrons. The van der Waals surface area contributed by atoms with Crippen LogP contribution in [-0.4, -0.2) is 25.4 Å². The van der Waals surface area contributed by atoms with Crippen molar-refractivity contribution in [2.24, 2.45) is 0 Å². The predicted molar refractivity (Wildman–Crippen MR) is 87.9 cm³/mol. The first-order valence-corrected chi connectivity index (χ1v) is 7.40. The maximum absolute atomic E-state index is 12.6. The van der Waals surface area contributed by atoms with Crippen molar-refractivity contribution in [1.82, 2.24) is 19.5 Å². The molecular formula is C16H10ClN5O2. The van der Waals surface area contributed by atoms with Crippen LogP contribution in [0.5, 0.6) is 0 Å². The number of carbonyl (C=O) groups is 1. The molecule has 24 heavy (non-hydrogen) atoms. The zero-order valence-electron chi connectivity index (χ0n) is 12.2. The van der Waals surface area contributed by atoms with E-state index < -0.39 is 0 Å². The maximum atomic E-state index is 12.6. The number of anilines is 1. The molecule has 3 aromatic heterocycles. The van der Waals surface area contributed by atoms with Gasteiger partial charge in [-0.2, -0.15) is 4.98 Å². The van der Waals surface area contributed by atoms with Crippen LogP contribution >= 0.6 is 11.6 Å². The van der Waals surface area contributed by atoms with Crippen molar-refractivity contribution >= 4 is 28.8 Å². The molecule has 4 rings (SSSR count). The molecule has 0 aliphatic heterocycles. The second-order valence-electron chi connectivity index (χ2n) is 4.98. The number of imidazole rings is 1. The third-order valence-electron chi connectivity index (χ3n) is 3.48. The van der Waals surface area contributed by atoms with E-state index in [1.54, 1.807) is 28.8 Å². The van der Waals surface area contributed by atoms with Crippen molar-refractivity contribution in [1.29, 1.82) is 0 Å². The summed E-state index contributed by atoms with van der Waals surface area (Å²) in [7, 11) is 0. The van der Waals surface area contributed by atoms with Crippen LogP contribution in [0.15, 0.2) is 59.7 Å². The van der Waals surface area contributed by atoms with Crippen molar-refractivity contribution in [3.8, 4) is 11.4 Å². The molecule has 0 unspecified atom stereocenters. The Kier molecular flexibility index (Phi) is 3.47. The van der Waals surface area contributed by atoms with Gasteiger partial charge in [0.2, 0.25) is 12.2 Å². The molecule has 8 heteroatoms. The molecule has 0 spiro atoms. The minimum absolute atomic E-state index is 0.319. The second kappa shape index (κ2) is 5.78. The number of pyridine rings is 1. The number of aromatic nitrogens is 4. The number of fused-ring (bicyclic) bond motifs is 1. The minimum atomic E-state index is -0.319. The highest BCUT2D eigenvalue weighted by Crippen LogP contribution is 2.27. The van der Waals surface area contributed by atoms with E-state index in [4.69, 9.17) is 16.1 Å². The number of rotatable bonds is 3. The summed E-state index contributed by atoms with van der Waals surface area (Å²) in [6, 6.07) is 10.6. The van der Waals surface area contributed by atoms with Crippen LogP contribution in [0.3, 0.4) is 0 Å². The molecule has 1 N–H and O–H groups in total. The maximum Gasteiger partial charge on any atom is 0.274 e. The summed E-state index contributed by atoms with van der Waals surface area (Å²) in [5.41, 5.74) is 2.23. The highest BCUT2D eigenvalue weighted by Gasteiger charge is 2.14. The van der Waals surface area contributed by atoms with Crippen molar-refractivity contribution in [2.45, 2.75) is 0 Å². The van der Waals surface area contributed by atoms with Crippen LogP contribution in [-0.2, 0) is 0 Å². The molecule has 0 atom stereocenters. The van der Waals surface area contributed by atoms with E-state index in [0.29, 0.717) is 33.4 Å². The predicted octanol–water partition coefficient (Wildman–Crippen LogP) is 3.29. The normalized spacial score (nSPS) is 10.9. The molecule has 0 aliphatic carbocycles. The largest absolute Gasteiger partial charge is 0.342 e. The second-order valence-corrected chi connectivity index (χ2v) is 5.38. The van der Waals surface area contributed by atoms with Gasteiger partial charge in [0.25, 0.3) is 5.91 Å². The number of nitrogens with one attached hydrogen (secondary N) is 1. The van der Waals surface area contributed by atoms with Crippen LogP contribution in [0, 0.1) is 0 Å². The highest BCUT2D eigenvalue weighted by atomic mass is 35.5. The molecule has 0 aliphatic rings. The average Bonchev–Trinajstić information content (AvgIpc) is 3.26. The number of benzene rings is 1. The third-order valence-corrected chi connectivity index (χ3v) is 3.81. The van der Waals surface area contributed by atoms with E-state index in [-0.39, 0.29) is 5.91 Å². The molecule has 0 saturated carbocycles. The summed E-state index contributed by atoms with van der Waals surface area (Å²) in [6.07, 6.45) is 4.52. The van der Waals surface area contributed by atoms with Gasteiger partial charge in [-0.25, -0.2) is 4.98 Å². The Hall–Kier alpha value is -3.19. The SMILES string of the molecule is O=C(Nc1cc(-c2ncon2)ccc1Cl)c1cnc2ccccn12. The fraction of sp³-hybridized carbons (Fsp3) is 0. The van der Waals surface area contributed by atoms with Gasteiger partial charge in [-0.05, 0) is 30.3 Å². The van der Waals surface area contributed by atoms with Crippen LogP contribution < -0.4 is 5.32 Å². The van der Waals surface area contributed by atoms with E-state index in [9.17, 15) is 4.79 Å². The monoisotopic (exact) mass is 339 g/mol. The van der Waals surface area contributed by atoms with Gasteiger partial charge in [-0.15, -0.1) is 0 Å². The lowest BCUT2D eigenvalue weighted by Gasteiger charge is -2.08. The van der Waals surface area contributed by atoms with Gasteiger partial charge >= 0.3 is 0 Å². The Morgan fingerprint density at radius 2 is 2.12 bits per heavy atom. The average molecular weight is 340 g/mol. The molecule has 7 nitrogen and oxygen atoms in total. The summed E-state index contributed by atoms with van der Waals surface area (Å²) in [6.45, 7) is 0. The highest BCUT2D eigenvalue weighted by molar-refractivity contribution is 6.34. The Morgan fingerprint density at radius 3 is 2.96 bits per heavy atom. The minimum Gasteiger partial charge on any atom is -0.342 e. The Morgan fingerprint density at radius 1 is 1.21 bits per heavy atom. The van der Waals surface area contributed by atoms with Crippen molar-refractivity contribution in [3.05, 3.63) is 65.9 Å². The molecular weight excluding hydrogens is 330 g/mol. The molecule has 4 aromatic rings. The molecule has 1 aromatic carbocycles. The van der Waals surface area contributed by atoms with Gasteiger partial charge in [-0.1, -0.05) is 22.8 Å². The van der Waals surface area contributed by atoms with Crippen molar-refractivity contribution in [3.63, 3.8) is 0 Å². The van der Waals surface area contributed by atoms with Crippen molar-refractivity contribution < 1.29 is 9.32 Å². The zero-order valence-corrected chi connectivity index (χ0v) is 12.9. The van der Waals surface area contributed by atoms with E-state index >= 15 is 0 Å². The number of halogens is 1. The molecule has 3 heterocycles. The molecule has 0 saturated heterocycles. The van der Waals surface area contributed by atoms with E-state index in [0.717, 1.165) is 0 Å².